The zero-order valence-electron chi connectivity index (χ0n) is 11.3. The highest BCUT2D eigenvalue weighted by Gasteiger charge is 2.28. The lowest BCUT2D eigenvalue weighted by Gasteiger charge is -2.29. The van der Waals surface area contributed by atoms with Gasteiger partial charge in [0, 0.05) is 18.5 Å². The molecule has 1 aromatic rings. The molecule has 2 unspecified atom stereocenters. The third-order valence-corrected chi connectivity index (χ3v) is 4.37. The van der Waals surface area contributed by atoms with Gasteiger partial charge in [-0.25, -0.2) is 0 Å². The lowest BCUT2D eigenvalue weighted by atomic mass is 9.83. The molecule has 0 aliphatic heterocycles. The van der Waals surface area contributed by atoms with Gasteiger partial charge in [0.2, 0.25) is 0 Å². The molecule has 1 aromatic heterocycles. The second kappa shape index (κ2) is 6.17. The van der Waals surface area contributed by atoms with Crippen LogP contribution < -0.4 is 5.73 Å². The van der Waals surface area contributed by atoms with Gasteiger partial charge in [-0.2, -0.15) is 5.10 Å². The first-order valence-corrected chi connectivity index (χ1v) is 7.50. The average molecular weight is 315 g/mol. The van der Waals surface area contributed by atoms with Crippen molar-refractivity contribution in [3.8, 4) is 0 Å². The molecule has 1 aliphatic carbocycles. The van der Waals surface area contributed by atoms with Gasteiger partial charge in [0.05, 0.1) is 22.9 Å². The highest BCUT2D eigenvalue weighted by molar-refractivity contribution is 9.10. The van der Waals surface area contributed by atoms with Gasteiger partial charge in [0.25, 0.3) is 0 Å². The second-order valence-corrected chi connectivity index (χ2v) is 6.31. The number of hydrogen-bond acceptors (Lipinski definition) is 3. The van der Waals surface area contributed by atoms with Crippen LogP contribution in [0.25, 0.3) is 0 Å². The van der Waals surface area contributed by atoms with E-state index < -0.39 is 0 Å². The van der Waals surface area contributed by atoms with Crippen LogP contribution in [0.1, 0.15) is 37.3 Å². The van der Waals surface area contributed by atoms with Crippen molar-refractivity contribution >= 4 is 15.9 Å². The topological polar surface area (TPSA) is 47.1 Å². The van der Waals surface area contributed by atoms with E-state index in [2.05, 4.69) is 44.7 Å². The Bertz CT molecular complexity index is 388. The number of likely N-dealkylation sites (N-methyl/N-ethyl adjacent to an activating group) is 1. The Balaban J connectivity index is 2.17. The van der Waals surface area contributed by atoms with E-state index in [9.17, 15) is 0 Å². The first-order valence-electron chi connectivity index (χ1n) is 6.71. The van der Waals surface area contributed by atoms with E-state index in [1.807, 2.05) is 6.20 Å². The van der Waals surface area contributed by atoms with E-state index in [1.165, 1.54) is 25.0 Å². The summed E-state index contributed by atoms with van der Waals surface area (Å²) < 4.78 is 3.24. The maximum absolute atomic E-state index is 6.29. The molecule has 102 valence electrons. The van der Waals surface area contributed by atoms with Crippen LogP contribution in [0.3, 0.4) is 0 Å². The summed E-state index contributed by atoms with van der Waals surface area (Å²) in [5, 5.41) is 4.48. The van der Waals surface area contributed by atoms with Crippen molar-refractivity contribution < 1.29 is 0 Å². The van der Waals surface area contributed by atoms with Crippen molar-refractivity contribution in [2.45, 2.75) is 44.2 Å². The normalized spacial score (nSPS) is 24.7. The van der Waals surface area contributed by atoms with Gasteiger partial charge in [-0.1, -0.05) is 12.8 Å². The fraction of sp³-hybridized carbons (Fsp3) is 0.769. The quantitative estimate of drug-likeness (QED) is 0.926. The molecule has 2 rings (SSSR count). The molecule has 1 heterocycles. The molecule has 1 aliphatic rings. The second-order valence-electron chi connectivity index (χ2n) is 5.46. The maximum atomic E-state index is 6.29. The van der Waals surface area contributed by atoms with Gasteiger partial charge in [-0.15, -0.1) is 0 Å². The summed E-state index contributed by atoms with van der Waals surface area (Å²) in [6.07, 6.45) is 6.78. The molecule has 0 amide bonds. The Morgan fingerprint density at radius 2 is 2.17 bits per heavy atom. The van der Waals surface area contributed by atoms with Crippen LogP contribution in [0, 0.1) is 0 Å². The predicted molar refractivity (Wildman–Crippen MR) is 77.7 cm³/mol. The minimum atomic E-state index is 0.282. The Labute approximate surface area is 118 Å². The van der Waals surface area contributed by atoms with Crippen LogP contribution >= 0.6 is 15.9 Å². The molecule has 0 aromatic carbocycles. The van der Waals surface area contributed by atoms with Crippen molar-refractivity contribution in [2.24, 2.45) is 5.73 Å². The molecule has 4 nitrogen and oxygen atoms in total. The zero-order valence-corrected chi connectivity index (χ0v) is 12.9. The highest BCUT2D eigenvalue weighted by atomic mass is 79.9. The molecule has 0 spiro atoms. The van der Waals surface area contributed by atoms with Crippen LogP contribution in [0.2, 0.25) is 0 Å². The molecule has 1 saturated carbocycles. The largest absolute Gasteiger partial charge is 0.327 e. The zero-order chi connectivity index (χ0) is 13.1. The van der Waals surface area contributed by atoms with E-state index in [-0.39, 0.29) is 6.04 Å². The monoisotopic (exact) mass is 314 g/mol. The maximum Gasteiger partial charge on any atom is 0.0635 e. The Morgan fingerprint density at radius 1 is 1.44 bits per heavy atom. The number of aromatic nitrogens is 2. The molecule has 1 fully saturated rings. The van der Waals surface area contributed by atoms with E-state index >= 15 is 0 Å². The number of rotatable bonds is 4. The molecular weight excluding hydrogens is 292 g/mol. The van der Waals surface area contributed by atoms with Crippen molar-refractivity contribution in [2.75, 3.05) is 20.6 Å². The summed E-state index contributed by atoms with van der Waals surface area (Å²) in [5.41, 5.74) is 7.59. The van der Waals surface area contributed by atoms with Gasteiger partial charge in [0.15, 0.2) is 0 Å². The van der Waals surface area contributed by atoms with Crippen LogP contribution in [0.4, 0.5) is 0 Å². The van der Waals surface area contributed by atoms with Gasteiger partial charge in [-0.3, -0.25) is 4.68 Å². The van der Waals surface area contributed by atoms with E-state index in [0.29, 0.717) is 5.92 Å². The molecule has 0 radical (unpaired) electrons. The Morgan fingerprint density at radius 3 is 2.83 bits per heavy atom. The predicted octanol–water partition coefficient (Wildman–Crippen LogP) is 2.19. The number of hydrogen-bond donors (Lipinski definition) is 1. The first kappa shape index (κ1) is 14.0. The highest BCUT2D eigenvalue weighted by Crippen LogP contribution is 2.35. The third kappa shape index (κ3) is 3.13. The number of nitrogens with two attached hydrogens (primary N) is 1. The standard InChI is InChI=1S/C13H23BrN4/c1-17(2)7-8-18-13(11(14)9-16-18)10-5-3-4-6-12(10)15/h9-10,12H,3-8,15H2,1-2H3. The van der Waals surface area contributed by atoms with E-state index in [0.717, 1.165) is 24.0 Å². The van der Waals surface area contributed by atoms with E-state index in [1.54, 1.807) is 0 Å². The fourth-order valence-electron chi connectivity index (χ4n) is 2.71. The molecule has 2 N–H and O–H groups in total. The first-order chi connectivity index (χ1) is 8.59. The van der Waals surface area contributed by atoms with Gasteiger partial charge in [-0.05, 0) is 42.9 Å². The van der Waals surface area contributed by atoms with Crippen LogP contribution in [-0.2, 0) is 6.54 Å². The number of nitrogens with zero attached hydrogens (tertiary/aromatic N) is 3. The Kier molecular flexibility index (Phi) is 4.81. The van der Waals surface area contributed by atoms with Crippen LogP contribution in [0.15, 0.2) is 10.7 Å². The summed E-state index contributed by atoms with van der Waals surface area (Å²) in [4.78, 5) is 2.18. The minimum Gasteiger partial charge on any atom is -0.327 e. The molecular formula is C13H23BrN4. The summed E-state index contributed by atoms with van der Waals surface area (Å²) in [7, 11) is 4.18. The van der Waals surface area contributed by atoms with Gasteiger partial charge < -0.3 is 10.6 Å². The molecule has 0 bridgehead atoms. The van der Waals surface area contributed by atoms with Gasteiger partial charge >= 0.3 is 0 Å². The van der Waals surface area contributed by atoms with Crippen molar-refractivity contribution in [1.29, 1.82) is 0 Å². The van der Waals surface area contributed by atoms with Crippen LogP contribution in [0.5, 0.6) is 0 Å². The van der Waals surface area contributed by atoms with Crippen LogP contribution in [-0.4, -0.2) is 41.4 Å². The smallest absolute Gasteiger partial charge is 0.0635 e. The molecule has 18 heavy (non-hydrogen) atoms. The lowest BCUT2D eigenvalue weighted by Crippen LogP contribution is -2.33. The molecule has 5 heteroatoms. The van der Waals surface area contributed by atoms with Crippen molar-refractivity contribution in [3.05, 3.63) is 16.4 Å². The summed E-state index contributed by atoms with van der Waals surface area (Å²) >= 11 is 3.63. The fourth-order valence-corrected chi connectivity index (χ4v) is 3.30. The van der Waals surface area contributed by atoms with Crippen molar-refractivity contribution in [3.63, 3.8) is 0 Å². The Hall–Kier alpha value is -0.390. The van der Waals surface area contributed by atoms with E-state index in [4.69, 9.17) is 5.73 Å². The summed E-state index contributed by atoms with van der Waals surface area (Å²) in [5.74, 6) is 0.456. The summed E-state index contributed by atoms with van der Waals surface area (Å²) in [6.45, 7) is 1.93. The lowest BCUT2D eigenvalue weighted by molar-refractivity contribution is 0.339. The number of halogens is 1. The molecule has 0 saturated heterocycles. The SMILES string of the molecule is CN(C)CCn1ncc(Br)c1C1CCCCC1N. The average Bonchev–Trinajstić information content (AvgIpc) is 2.69. The minimum absolute atomic E-state index is 0.282. The molecule has 2 atom stereocenters. The van der Waals surface area contributed by atoms with Gasteiger partial charge in [0.1, 0.15) is 0 Å². The third-order valence-electron chi connectivity index (χ3n) is 3.76. The van der Waals surface area contributed by atoms with Crippen molar-refractivity contribution in [1.82, 2.24) is 14.7 Å². The summed E-state index contributed by atoms with van der Waals surface area (Å²) in [6, 6.07) is 0.282.